The van der Waals surface area contributed by atoms with Gasteiger partial charge in [0.2, 0.25) is 5.72 Å². The van der Waals surface area contributed by atoms with E-state index in [1.807, 2.05) is 19.2 Å². The first-order chi connectivity index (χ1) is 13.5. The standard InChI is InChI=1S/C22H23BrN2O4/c1-12-9-13(2)19-15(10-12)21(3,4)22(24(19)5)8-7-14-18(23)16(25(26)27)11-17(28-6)20(14)29-22/h7-11H,1-6H3. The van der Waals surface area contributed by atoms with Gasteiger partial charge in [-0.2, -0.15) is 0 Å². The number of ether oxygens (including phenoxy) is 2. The van der Waals surface area contributed by atoms with Gasteiger partial charge in [-0.3, -0.25) is 10.1 Å². The average molecular weight is 459 g/mol. The number of halogens is 1. The minimum Gasteiger partial charge on any atom is -0.493 e. The van der Waals surface area contributed by atoms with Crippen molar-refractivity contribution in [2.24, 2.45) is 0 Å². The topological polar surface area (TPSA) is 64.8 Å². The molecule has 1 atom stereocenters. The summed E-state index contributed by atoms with van der Waals surface area (Å²) in [6.45, 7) is 8.53. The number of nitro benzene ring substituents is 1. The second-order valence-corrected chi connectivity index (χ2v) is 9.00. The van der Waals surface area contributed by atoms with Crippen molar-refractivity contribution in [1.82, 2.24) is 0 Å². The lowest BCUT2D eigenvalue weighted by Crippen LogP contribution is -2.58. The number of nitro groups is 1. The van der Waals surface area contributed by atoms with Crippen LogP contribution in [-0.4, -0.2) is 24.8 Å². The summed E-state index contributed by atoms with van der Waals surface area (Å²) in [6.07, 6.45) is 3.89. The fourth-order valence-electron chi connectivity index (χ4n) is 4.72. The van der Waals surface area contributed by atoms with Gasteiger partial charge in [-0.05, 0) is 66.9 Å². The Kier molecular flexibility index (Phi) is 4.24. The summed E-state index contributed by atoms with van der Waals surface area (Å²) >= 11 is 3.38. The largest absolute Gasteiger partial charge is 0.493 e. The molecule has 0 aliphatic carbocycles. The maximum Gasteiger partial charge on any atom is 0.288 e. The highest BCUT2D eigenvalue weighted by atomic mass is 79.9. The van der Waals surface area contributed by atoms with Gasteiger partial charge in [-0.25, -0.2) is 0 Å². The van der Waals surface area contributed by atoms with Crippen LogP contribution in [0, 0.1) is 24.0 Å². The van der Waals surface area contributed by atoms with Gasteiger partial charge in [0.15, 0.2) is 11.5 Å². The predicted molar refractivity (Wildman–Crippen MR) is 117 cm³/mol. The molecular weight excluding hydrogens is 436 g/mol. The minimum absolute atomic E-state index is 0.0569. The molecule has 0 amide bonds. The van der Waals surface area contributed by atoms with Crippen molar-refractivity contribution < 1.29 is 14.4 Å². The molecule has 0 saturated carbocycles. The van der Waals surface area contributed by atoms with Crippen LogP contribution in [0.4, 0.5) is 11.4 Å². The molecule has 0 N–H and O–H groups in total. The van der Waals surface area contributed by atoms with Gasteiger partial charge in [-0.15, -0.1) is 0 Å². The molecule has 2 aromatic carbocycles. The molecule has 0 saturated heterocycles. The van der Waals surface area contributed by atoms with E-state index >= 15 is 0 Å². The van der Waals surface area contributed by atoms with Crippen molar-refractivity contribution in [2.45, 2.75) is 38.8 Å². The van der Waals surface area contributed by atoms with E-state index in [4.69, 9.17) is 9.47 Å². The summed E-state index contributed by atoms with van der Waals surface area (Å²) in [7, 11) is 3.52. The summed E-state index contributed by atoms with van der Waals surface area (Å²) in [5.74, 6) is 0.835. The molecule has 0 bridgehead atoms. The molecule has 0 aromatic heterocycles. The molecular formula is C22H23BrN2O4. The molecule has 6 nitrogen and oxygen atoms in total. The van der Waals surface area contributed by atoms with Gasteiger partial charge in [0, 0.05) is 18.3 Å². The zero-order chi connectivity index (χ0) is 21.3. The Bertz CT molecular complexity index is 1090. The summed E-state index contributed by atoms with van der Waals surface area (Å²) in [6, 6.07) is 5.79. The van der Waals surface area contributed by atoms with Gasteiger partial charge in [0.05, 0.1) is 23.5 Å². The Morgan fingerprint density at radius 2 is 1.93 bits per heavy atom. The summed E-state index contributed by atoms with van der Waals surface area (Å²) in [4.78, 5) is 13.2. The summed E-state index contributed by atoms with van der Waals surface area (Å²) < 4.78 is 12.5. The Hall–Kier alpha value is -2.54. The predicted octanol–water partition coefficient (Wildman–Crippen LogP) is 5.51. The summed E-state index contributed by atoms with van der Waals surface area (Å²) in [5, 5.41) is 11.4. The molecule has 1 spiro atoms. The Morgan fingerprint density at radius 1 is 1.24 bits per heavy atom. The smallest absolute Gasteiger partial charge is 0.288 e. The lowest BCUT2D eigenvalue weighted by Gasteiger charge is -2.46. The van der Waals surface area contributed by atoms with Crippen molar-refractivity contribution in [3.05, 3.63) is 61.1 Å². The van der Waals surface area contributed by atoms with E-state index in [1.54, 1.807) is 0 Å². The first kappa shape index (κ1) is 19.8. The van der Waals surface area contributed by atoms with Crippen LogP contribution in [0.3, 0.4) is 0 Å². The van der Waals surface area contributed by atoms with Crippen molar-refractivity contribution in [1.29, 1.82) is 0 Å². The van der Waals surface area contributed by atoms with Gasteiger partial charge in [-0.1, -0.05) is 17.7 Å². The maximum absolute atomic E-state index is 11.4. The van der Waals surface area contributed by atoms with Crippen LogP contribution in [0.15, 0.2) is 28.7 Å². The number of likely N-dealkylation sites (N-methyl/N-ethyl adjacent to an activating group) is 1. The first-order valence-electron chi connectivity index (χ1n) is 9.34. The number of hydrogen-bond acceptors (Lipinski definition) is 5. The number of fused-ring (bicyclic) bond motifs is 2. The Morgan fingerprint density at radius 3 is 2.55 bits per heavy atom. The van der Waals surface area contributed by atoms with Gasteiger partial charge >= 0.3 is 0 Å². The zero-order valence-corrected chi connectivity index (χ0v) is 18.9. The fraction of sp³-hybridized carbons (Fsp3) is 0.364. The number of anilines is 1. The zero-order valence-electron chi connectivity index (χ0n) is 17.3. The molecule has 2 aromatic rings. The lowest BCUT2D eigenvalue weighted by molar-refractivity contribution is -0.385. The molecule has 7 heteroatoms. The molecule has 0 radical (unpaired) electrons. The second kappa shape index (κ2) is 6.23. The van der Waals surface area contributed by atoms with Crippen molar-refractivity contribution in [3.63, 3.8) is 0 Å². The summed E-state index contributed by atoms with van der Waals surface area (Å²) in [5.41, 5.74) is 4.14. The third-order valence-electron chi connectivity index (χ3n) is 6.20. The van der Waals surface area contributed by atoms with E-state index in [1.165, 1.54) is 29.9 Å². The lowest BCUT2D eigenvalue weighted by atomic mass is 9.76. The van der Waals surface area contributed by atoms with Crippen LogP contribution >= 0.6 is 15.9 Å². The van der Waals surface area contributed by atoms with Crippen LogP contribution in [-0.2, 0) is 5.41 Å². The van der Waals surface area contributed by atoms with E-state index in [-0.39, 0.29) is 11.1 Å². The highest BCUT2D eigenvalue weighted by Crippen LogP contribution is 2.57. The van der Waals surface area contributed by atoms with E-state index in [0.29, 0.717) is 21.5 Å². The third-order valence-corrected chi connectivity index (χ3v) is 7.03. The number of rotatable bonds is 2. The van der Waals surface area contributed by atoms with Crippen LogP contribution < -0.4 is 14.4 Å². The molecule has 152 valence electrons. The molecule has 29 heavy (non-hydrogen) atoms. The van der Waals surface area contributed by atoms with E-state index in [2.05, 4.69) is 60.7 Å². The number of nitrogens with zero attached hydrogens (tertiary/aromatic N) is 2. The van der Waals surface area contributed by atoms with Crippen LogP contribution in [0.2, 0.25) is 0 Å². The number of aryl methyl sites for hydroxylation is 2. The normalized spacial score (nSPS) is 21.0. The number of hydrogen-bond donors (Lipinski definition) is 0. The third kappa shape index (κ3) is 2.46. The Labute approximate surface area is 178 Å². The molecule has 1 unspecified atom stereocenters. The average Bonchev–Trinajstić information content (AvgIpc) is 2.80. The molecule has 4 rings (SSSR count). The highest BCUT2D eigenvalue weighted by molar-refractivity contribution is 9.10. The monoisotopic (exact) mass is 458 g/mol. The van der Waals surface area contributed by atoms with E-state index < -0.39 is 10.6 Å². The molecule has 2 heterocycles. The SMILES string of the molecule is COc1cc([N+](=O)[O-])c(Br)c2c1OC1(C=C2)N(C)c2c(C)cc(C)cc2C1(C)C. The van der Waals surface area contributed by atoms with Gasteiger partial charge < -0.3 is 14.4 Å². The highest BCUT2D eigenvalue weighted by Gasteiger charge is 2.58. The number of benzene rings is 2. The Balaban J connectivity index is 1.95. The fourth-order valence-corrected chi connectivity index (χ4v) is 5.30. The van der Waals surface area contributed by atoms with E-state index in [0.717, 1.165) is 5.69 Å². The van der Waals surface area contributed by atoms with Gasteiger partial charge in [0.25, 0.3) is 5.69 Å². The molecule has 2 aliphatic rings. The maximum atomic E-state index is 11.4. The second-order valence-electron chi connectivity index (χ2n) is 8.21. The van der Waals surface area contributed by atoms with Crippen molar-refractivity contribution in [3.8, 4) is 11.5 Å². The van der Waals surface area contributed by atoms with Gasteiger partial charge in [0.1, 0.15) is 4.47 Å². The van der Waals surface area contributed by atoms with Crippen molar-refractivity contribution >= 4 is 33.4 Å². The van der Waals surface area contributed by atoms with Crippen molar-refractivity contribution in [2.75, 3.05) is 19.1 Å². The van der Waals surface area contributed by atoms with Crippen LogP contribution in [0.25, 0.3) is 6.08 Å². The first-order valence-corrected chi connectivity index (χ1v) is 10.1. The minimum atomic E-state index is -0.788. The van der Waals surface area contributed by atoms with E-state index in [9.17, 15) is 10.1 Å². The van der Waals surface area contributed by atoms with Crippen LogP contribution in [0.5, 0.6) is 11.5 Å². The quantitative estimate of drug-likeness (QED) is 0.438. The van der Waals surface area contributed by atoms with Crippen LogP contribution in [0.1, 0.15) is 36.1 Å². The molecule has 0 fully saturated rings. The molecule has 2 aliphatic heterocycles. The number of methoxy groups -OCH3 is 1.